The number of amides is 1. The molecule has 1 atom stereocenters. The highest BCUT2D eigenvalue weighted by Gasteiger charge is 2.20. The van der Waals surface area contributed by atoms with Crippen LogP contribution in [0.25, 0.3) is 21.7 Å². The highest BCUT2D eigenvalue weighted by atomic mass is 16.3. The number of rotatable bonds is 5. The Morgan fingerprint density at radius 2 is 1.86 bits per heavy atom. The average Bonchev–Trinajstić information content (AvgIpc) is 3.14. The second kappa shape index (κ2) is 7.31. The van der Waals surface area contributed by atoms with E-state index in [2.05, 4.69) is 10.4 Å². The van der Waals surface area contributed by atoms with Gasteiger partial charge >= 0.3 is 0 Å². The van der Waals surface area contributed by atoms with Crippen molar-refractivity contribution in [2.24, 2.45) is 0 Å². The fourth-order valence-electron chi connectivity index (χ4n) is 3.32. The van der Waals surface area contributed by atoms with Gasteiger partial charge in [0, 0.05) is 17.3 Å². The number of benzene rings is 2. The number of nitrogens with one attached hydrogen (secondary N) is 1. The van der Waals surface area contributed by atoms with Crippen LogP contribution in [0.5, 0.6) is 0 Å². The van der Waals surface area contributed by atoms with Crippen LogP contribution in [0.3, 0.4) is 0 Å². The highest BCUT2D eigenvalue weighted by molar-refractivity contribution is 6.04. The molecule has 0 saturated carbocycles. The van der Waals surface area contributed by atoms with E-state index in [4.69, 9.17) is 4.42 Å². The molecule has 2 heterocycles. The third-order valence-electron chi connectivity index (χ3n) is 4.74. The van der Waals surface area contributed by atoms with Crippen molar-refractivity contribution in [2.45, 2.75) is 32.9 Å². The molecule has 0 aliphatic heterocycles. The third kappa shape index (κ3) is 3.17. The summed E-state index contributed by atoms with van der Waals surface area (Å²) < 4.78 is 7.21. The first kappa shape index (κ1) is 18.0. The number of fused-ring (bicyclic) bond motifs is 2. The Hall–Kier alpha value is -3.41. The average molecular weight is 375 g/mol. The van der Waals surface area contributed by atoms with E-state index in [1.54, 1.807) is 24.3 Å². The van der Waals surface area contributed by atoms with Crippen molar-refractivity contribution in [3.8, 4) is 0 Å². The first-order valence-corrected chi connectivity index (χ1v) is 9.37. The molecule has 1 unspecified atom stereocenters. The zero-order valence-corrected chi connectivity index (χ0v) is 15.8. The molecule has 28 heavy (non-hydrogen) atoms. The molecule has 0 saturated heterocycles. The molecule has 0 aliphatic carbocycles. The maximum Gasteiger partial charge on any atom is 0.274 e. The Labute approximate surface area is 161 Å². The van der Waals surface area contributed by atoms with Gasteiger partial charge in [-0.2, -0.15) is 5.10 Å². The van der Waals surface area contributed by atoms with Gasteiger partial charge in [0.15, 0.2) is 5.69 Å². The lowest BCUT2D eigenvalue weighted by atomic mass is 10.1. The second-order valence-corrected chi connectivity index (χ2v) is 6.80. The largest absolute Gasteiger partial charge is 0.459 e. The zero-order chi connectivity index (χ0) is 19.7. The normalized spacial score (nSPS) is 12.4. The fraction of sp³-hybridized carbons (Fsp3) is 0.227. The minimum absolute atomic E-state index is 0.181. The maximum atomic E-state index is 13.0. The number of aryl methyl sites for hydroxylation is 1. The van der Waals surface area contributed by atoms with Crippen LogP contribution >= 0.6 is 0 Å². The van der Waals surface area contributed by atoms with Gasteiger partial charge in [-0.3, -0.25) is 9.59 Å². The van der Waals surface area contributed by atoms with Crippen molar-refractivity contribution in [1.29, 1.82) is 0 Å². The number of para-hydroxylation sites is 1. The Morgan fingerprint density at radius 3 is 2.61 bits per heavy atom. The van der Waals surface area contributed by atoms with Crippen molar-refractivity contribution in [1.82, 2.24) is 15.1 Å². The summed E-state index contributed by atoms with van der Waals surface area (Å²) in [6.07, 6.45) is 0.752. The number of hydrogen-bond acceptors (Lipinski definition) is 4. The molecule has 1 amide bonds. The van der Waals surface area contributed by atoms with Crippen LogP contribution in [0.1, 0.15) is 42.6 Å². The fourth-order valence-corrected chi connectivity index (χ4v) is 3.32. The minimum atomic E-state index is -0.341. The van der Waals surface area contributed by atoms with Gasteiger partial charge in [-0.25, -0.2) is 4.68 Å². The molecular formula is C22H21N3O3. The van der Waals surface area contributed by atoms with Crippen LogP contribution in [-0.4, -0.2) is 15.7 Å². The lowest BCUT2D eigenvalue weighted by Crippen LogP contribution is -2.32. The standard InChI is InChI=1S/C22H21N3O3/c1-3-12-25-22(27)17-10-6-5-9-16(17)20(24-25)21(26)23-14(2)19-13-15-8-4-7-11-18(15)28-19/h4-11,13-14H,3,12H2,1-2H3,(H,23,26). The smallest absolute Gasteiger partial charge is 0.274 e. The summed E-state index contributed by atoms with van der Waals surface area (Å²) in [5.74, 6) is 0.328. The predicted octanol–water partition coefficient (Wildman–Crippen LogP) is 4.04. The molecule has 1 N–H and O–H groups in total. The summed E-state index contributed by atoms with van der Waals surface area (Å²) in [6.45, 7) is 4.29. The lowest BCUT2D eigenvalue weighted by molar-refractivity contribution is 0.0930. The van der Waals surface area contributed by atoms with E-state index in [1.165, 1.54) is 4.68 Å². The molecule has 142 valence electrons. The van der Waals surface area contributed by atoms with Gasteiger partial charge in [0.25, 0.3) is 11.5 Å². The summed E-state index contributed by atoms with van der Waals surface area (Å²) in [4.78, 5) is 25.6. The van der Waals surface area contributed by atoms with E-state index < -0.39 is 0 Å². The molecular weight excluding hydrogens is 354 g/mol. The lowest BCUT2D eigenvalue weighted by Gasteiger charge is -2.14. The monoisotopic (exact) mass is 375 g/mol. The van der Waals surface area contributed by atoms with Gasteiger partial charge in [0.2, 0.25) is 0 Å². The van der Waals surface area contributed by atoms with Crippen LogP contribution < -0.4 is 10.9 Å². The predicted molar refractivity (Wildman–Crippen MR) is 108 cm³/mol. The first-order valence-electron chi connectivity index (χ1n) is 9.37. The SMILES string of the molecule is CCCn1nc(C(=O)NC(C)c2cc3ccccc3o2)c2ccccc2c1=O. The zero-order valence-electron chi connectivity index (χ0n) is 15.8. The van der Waals surface area contributed by atoms with E-state index in [-0.39, 0.29) is 23.2 Å². The van der Waals surface area contributed by atoms with Crippen molar-refractivity contribution in [3.63, 3.8) is 0 Å². The Bertz CT molecular complexity index is 1190. The van der Waals surface area contributed by atoms with E-state index in [9.17, 15) is 9.59 Å². The van der Waals surface area contributed by atoms with E-state index in [0.29, 0.717) is 23.1 Å². The summed E-state index contributed by atoms with van der Waals surface area (Å²) in [7, 11) is 0. The first-order chi connectivity index (χ1) is 13.6. The second-order valence-electron chi connectivity index (χ2n) is 6.80. The molecule has 2 aromatic heterocycles. The summed E-state index contributed by atoms with van der Waals surface area (Å²) in [5.41, 5.74) is 0.838. The number of aromatic nitrogens is 2. The molecule has 6 heteroatoms. The Balaban J connectivity index is 1.70. The molecule has 0 bridgehead atoms. The number of carbonyl (C=O) groups excluding carboxylic acids is 1. The van der Waals surface area contributed by atoms with Gasteiger partial charge in [-0.05, 0) is 31.5 Å². The van der Waals surface area contributed by atoms with Crippen LogP contribution in [0.2, 0.25) is 0 Å². The minimum Gasteiger partial charge on any atom is -0.459 e. The molecule has 4 rings (SSSR count). The van der Waals surface area contributed by atoms with Gasteiger partial charge < -0.3 is 9.73 Å². The third-order valence-corrected chi connectivity index (χ3v) is 4.74. The van der Waals surface area contributed by atoms with Gasteiger partial charge in [0.05, 0.1) is 11.4 Å². The van der Waals surface area contributed by atoms with Crippen LogP contribution in [0.15, 0.2) is 63.8 Å². The van der Waals surface area contributed by atoms with E-state index in [1.807, 2.05) is 44.2 Å². The molecule has 6 nitrogen and oxygen atoms in total. The quantitative estimate of drug-likeness (QED) is 0.571. The highest BCUT2D eigenvalue weighted by Crippen LogP contribution is 2.24. The van der Waals surface area contributed by atoms with Crippen molar-refractivity contribution in [3.05, 3.63) is 76.4 Å². The van der Waals surface area contributed by atoms with Crippen LogP contribution in [0.4, 0.5) is 0 Å². The van der Waals surface area contributed by atoms with Crippen molar-refractivity contribution in [2.75, 3.05) is 0 Å². The van der Waals surface area contributed by atoms with Crippen molar-refractivity contribution < 1.29 is 9.21 Å². The topological polar surface area (TPSA) is 77.1 Å². The van der Waals surface area contributed by atoms with Crippen LogP contribution in [-0.2, 0) is 6.54 Å². The van der Waals surface area contributed by atoms with E-state index in [0.717, 1.165) is 17.4 Å². The molecule has 0 radical (unpaired) electrons. The molecule has 0 fully saturated rings. The summed E-state index contributed by atoms with van der Waals surface area (Å²) >= 11 is 0. The number of carbonyl (C=O) groups is 1. The van der Waals surface area contributed by atoms with Gasteiger partial charge in [0.1, 0.15) is 11.3 Å². The number of nitrogens with zero attached hydrogens (tertiary/aromatic N) is 2. The van der Waals surface area contributed by atoms with Gasteiger partial charge in [-0.15, -0.1) is 0 Å². The Morgan fingerprint density at radius 1 is 1.14 bits per heavy atom. The maximum absolute atomic E-state index is 13.0. The number of furan rings is 1. The molecule has 0 spiro atoms. The van der Waals surface area contributed by atoms with Gasteiger partial charge in [-0.1, -0.05) is 43.3 Å². The number of hydrogen-bond donors (Lipinski definition) is 1. The molecule has 2 aromatic carbocycles. The molecule has 4 aromatic rings. The van der Waals surface area contributed by atoms with E-state index >= 15 is 0 Å². The van der Waals surface area contributed by atoms with Crippen LogP contribution in [0, 0.1) is 0 Å². The summed E-state index contributed by atoms with van der Waals surface area (Å²) in [6, 6.07) is 16.4. The summed E-state index contributed by atoms with van der Waals surface area (Å²) in [5, 5.41) is 9.31. The van der Waals surface area contributed by atoms with Crippen molar-refractivity contribution >= 4 is 27.6 Å². The Kier molecular flexibility index (Phi) is 4.69. The molecule has 0 aliphatic rings.